The van der Waals surface area contributed by atoms with Crippen molar-refractivity contribution in [1.82, 2.24) is 4.90 Å². The molecule has 1 aromatic carbocycles. The first-order chi connectivity index (χ1) is 17.9. The highest BCUT2D eigenvalue weighted by molar-refractivity contribution is 7.91. The van der Waals surface area contributed by atoms with Crippen molar-refractivity contribution in [3.63, 3.8) is 0 Å². The Bertz CT molecular complexity index is 1610. The number of anilines is 1. The predicted octanol–water partition coefficient (Wildman–Crippen LogP) is 2.50. The van der Waals surface area contributed by atoms with Crippen LogP contribution in [-0.4, -0.2) is 50.4 Å². The smallest absolute Gasteiger partial charge is 0.287 e. The summed E-state index contributed by atoms with van der Waals surface area (Å²) in [5.41, 5.74) is 0.788. The van der Waals surface area contributed by atoms with Crippen molar-refractivity contribution in [2.24, 2.45) is 27.3 Å². The van der Waals surface area contributed by atoms with E-state index in [-0.39, 0.29) is 69.4 Å². The summed E-state index contributed by atoms with van der Waals surface area (Å²) in [7, 11) is -8.12. The number of sulfonamides is 2. The van der Waals surface area contributed by atoms with Crippen LogP contribution in [0, 0.1) is 23.6 Å². The number of aliphatic hydroxyl groups excluding tert-OH is 1. The summed E-state index contributed by atoms with van der Waals surface area (Å²) < 4.78 is 66.7. The van der Waals surface area contributed by atoms with E-state index in [4.69, 9.17) is 5.14 Å². The zero-order chi connectivity index (χ0) is 27.0. The molecule has 6 rings (SSSR count). The molecule has 2 unspecified atom stereocenters. The van der Waals surface area contributed by atoms with E-state index in [1.165, 1.54) is 17.5 Å². The molecule has 0 saturated heterocycles. The number of primary sulfonamides is 1. The number of amidine groups is 1. The Morgan fingerprint density at radius 1 is 1.21 bits per heavy atom. The number of thiophene rings is 1. The zero-order valence-corrected chi connectivity index (χ0v) is 22.5. The number of nitrogens with two attached hydrogens (primary N) is 1. The third-order valence-electron chi connectivity index (χ3n) is 7.96. The molecule has 2 bridgehead atoms. The van der Waals surface area contributed by atoms with Crippen molar-refractivity contribution in [3.8, 4) is 0 Å². The van der Waals surface area contributed by atoms with Gasteiger partial charge in [-0.3, -0.25) is 4.79 Å². The fraction of sp³-hybridized carbons (Fsp3) is 0.417. The second-order valence-corrected chi connectivity index (χ2v) is 14.4. The highest BCUT2D eigenvalue weighted by Crippen LogP contribution is 2.55. The van der Waals surface area contributed by atoms with Gasteiger partial charge in [0.15, 0.2) is 5.84 Å². The molecule has 1 amide bonds. The maximum absolute atomic E-state index is 13.9. The molecule has 202 valence electrons. The van der Waals surface area contributed by atoms with Crippen molar-refractivity contribution in [3.05, 3.63) is 57.9 Å². The van der Waals surface area contributed by atoms with E-state index in [2.05, 4.69) is 9.71 Å². The predicted molar refractivity (Wildman–Crippen MR) is 139 cm³/mol. The van der Waals surface area contributed by atoms with Crippen LogP contribution in [0.4, 0.5) is 9.39 Å². The van der Waals surface area contributed by atoms with Crippen LogP contribution in [0.5, 0.6) is 0 Å². The van der Waals surface area contributed by atoms with E-state index in [1.54, 1.807) is 17.0 Å². The van der Waals surface area contributed by atoms with Crippen LogP contribution in [0.3, 0.4) is 0 Å². The summed E-state index contributed by atoms with van der Waals surface area (Å²) in [6.45, 7) is 0.183. The maximum Gasteiger partial charge on any atom is 0.287 e. The van der Waals surface area contributed by atoms with Gasteiger partial charge in [-0.25, -0.2) is 17.9 Å². The van der Waals surface area contributed by atoms with Gasteiger partial charge < -0.3 is 15.3 Å². The monoisotopic (exact) mass is 580 g/mol. The summed E-state index contributed by atoms with van der Waals surface area (Å²) in [6, 6.07) is 5.61. The Hall–Kier alpha value is -2.81. The number of nitrogens with zero attached hydrogens (tertiary/aromatic N) is 2. The van der Waals surface area contributed by atoms with Gasteiger partial charge in [0.2, 0.25) is 10.0 Å². The fourth-order valence-corrected chi connectivity index (χ4v) is 9.59. The second kappa shape index (κ2) is 8.86. The first-order valence-corrected chi connectivity index (χ1v) is 16.2. The quantitative estimate of drug-likeness (QED) is 0.473. The lowest BCUT2D eigenvalue weighted by atomic mass is 9.77. The average Bonchev–Trinajstić information content (AvgIpc) is 3.56. The first-order valence-electron chi connectivity index (χ1n) is 12.1. The zero-order valence-electron chi connectivity index (χ0n) is 20.0. The van der Waals surface area contributed by atoms with Crippen LogP contribution in [0.1, 0.15) is 30.4 Å². The van der Waals surface area contributed by atoms with Gasteiger partial charge in [0.25, 0.3) is 15.9 Å². The number of aliphatic hydroxyl groups is 1. The van der Waals surface area contributed by atoms with Gasteiger partial charge in [0.1, 0.15) is 27.0 Å². The van der Waals surface area contributed by atoms with Gasteiger partial charge in [0.05, 0.1) is 5.75 Å². The molecule has 38 heavy (non-hydrogen) atoms. The lowest BCUT2D eigenvalue weighted by Gasteiger charge is -2.44. The molecular formula is C24H25FN4O6S3. The van der Waals surface area contributed by atoms with Crippen LogP contribution in [0.2, 0.25) is 0 Å². The van der Waals surface area contributed by atoms with Crippen LogP contribution in [0.25, 0.3) is 0 Å². The maximum atomic E-state index is 13.9. The molecule has 2 aromatic rings. The number of nitrogens with one attached hydrogen (secondary N) is 1. The summed E-state index contributed by atoms with van der Waals surface area (Å²) >= 11 is 1.04. The molecular weight excluding hydrogens is 555 g/mol. The number of benzene rings is 1. The summed E-state index contributed by atoms with van der Waals surface area (Å²) in [6.07, 6.45) is 2.60. The van der Waals surface area contributed by atoms with Gasteiger partial charge in [-0.2, -0.15) is 8.42 Å². The largest absolute Gasteiger partial charge is 0.511 e. The third-order valence-corrected chi connectivity index (χ3v) is 11.2. The van der Waals surface area contributed by atoms with E-state index in [0.717, 1.165) is 30.6 Å². The SMILES string of the molecule is NS(=O)(=O)CCc1csc2c1S(=O)(=O)N=C(C1=C(O)C3C([C@@H]4CC[C@H]3C4)N(Cc3ccc(F)cc3)C1=O)N2. The number of fused-ring (bicyclic) bond motifs is 6. The number of rotatable bonds is 6. The molecule has 2 fully saturated rings. The molecule has 0 radical (unpaired) electrons. The summed E-state index contributed by atoms with van der Waals surface area (Å²) in [4.78, 5) is 15.4. The highest BCUT2D eigenvalue weighted by Gasteiger charge is 2.57. The number of carbonyl (C=O) groups excluding carboxylic acids is 1. The molecule has 4 aliphatic rings. The molecule has 2 saturated carbocycles. The highest BCUT2D eigenvalue weighted by atomic mass is 32.2. The lowest BCUT2D eigenvalue weighted by Crippen LogP contribution is -2.53. The molecule has 1 aromatic heterocycles. The lowest BCUT2D eigenvalue weighted by molar-refractivity contribution is -0.134. The van der Waals surface area contributed by atoms with E-state index < -0.39 is 37.5 Å². The van der Waals surface area contributed by atoms with Crippen LogP contribution in [0.15, 0.2) is 50.3 Å². The molecule has 10 nitrogen and oxygen atoms in total. The molecule has 0 spiro atoms. The standard InChI is InChI=1S/C24H25FN4O6S3/c25-16-5-1-12(2-6-16)10-29-19-14-4-3-13(9-14)17(19)20(30)18(24(29)31)22-27-23-21(38(34,35)28-22)15(11-36-23)7-8-37(26,32)33/h1-2,5-6,11,13-14,17,19,30H,3-4,7-10H2,(H,27,28)(H2,26,32,33)/t13-,14+,17?,19?/m0/s1. The van der Waals surface area contributed by atoms with Crippen LogP contribution >= 0.6 is 11.3 Å². The van der Waals surface area contributed by atoms with Gasteiger partial charge in [-0.05, 0) is 66.2 Å². The Balaban J connectivity index is 1.39. The topological polar surface area (TPSA) is 159 Å². The molecule has 2 aliphatic heterocycles. The van der Waals surface area contributed by atoms with Gasteiger partial charge in [0, 0.05) is 18.5 Å². The van der Waals surface area contributed by atoms with Gasteiger partial charge in [-0.1, -0.05) is 12.1 Å². The number of carbonyl (C=O) groups is 1. The van der Waals surface area contributed by atoms with E-state index in [0.29, 0.717) is 5.56 Å². The van der Waals surface area contributed by atoms with Crippen molar-refractivity contribution in [2.75, 3.05) is 11.1 Å². The summed E-state index contributed by atoms with van der Waals surface area (Å²) in [5, 5.41) is 21.1. The number of hydrogen-bond donors (Lipinski definition) is 3. The molecule has 4 N–H and O–H groups in total. The summed E-state index contributed by atoms with van der Waals surface area (Å²) in [5.74, 6) is -1.75. The molecule has 4 atom stereocenters. The Kier molecular flexibility index (Phi) is 5.94. The normalized spacial score (nSPS) is 27.7. The van der Waals surface area contributed by atoms with Gasteiger partial charge in [-0.15, -0.1) is 15.7 Å². The van der Waals surface area contributed by atoms with Crippen molar-refractivity contribution in [2.45, 2.75) is 43.2 Å². The van der Waals surface area contributed by atoms with Crippen LogP contribution in [-0.2, 0) is 37.8 Å². The molecule has 3 heterocycles. The Labute approximate surface area is 223 Å². The molecule has 2 aliphatic carbocycles. The van der Waals surface area contributed by atoms with E-state index in [9.17, 15) is 31.1 Å². The minimum absolute atomic E-state index is 0.110. The number of aryl methyl sites for hydroxylation is 1. The van der Waals surface area contributed by atoms with Crippen molar-refractivity contribution < 1.29 is 31.1 Å². The van der Waals surface area contributed by atoms with E-state index >= 15 is 0 Å². The molecule has 14 heteroatoms. The van der Waals surface area contributed by atoms with Gasteiger partial charge >= 0.3 is 0 Å². The average molecular weight is 581 g/mol. The minimum Gasteiger partial charge on any atom is -0.511 e. The number of amides is 1. The number of halogens is 1. The third kappa shape index (κ3) is 4.23. The fourth-order valence-electron chi connectivity index (χ4n) is 6.42. The van der Waals surface area contributed by atoms with Crippen LogP contribution < -0.4 is 10.5 Å². The minimum atomic E-state index is -4.31. The number of hydrogen-bond acceptors (Lipinski definition) is 8. The first kappa shape index (κ1) is 25.5. The second-order valence-electron chi connectivity index (χ2n) is 10.2. The van der Waals surface area contributed by atoms with E-state index in [1.807, 2.05) is 0 Å². The van der Waals surface area contributed by atoms with Crippen molar-refractivity contribution >= 4 is 48.1 Å². The Morgan fingerprint density at radius 3 is 2.63 bits per heavy atom. The Morgan fingerprint density at radius 2 is 1.92 bits per heavy atom. The van der Waals surface area contributed by atoms with Crippen molar-refractivity contribution in [1.29, 1.82) is 0 Å².